The Morgan fingerprint density at radius 3 is 1.78 bits per heavy atom. The minimum atomic E-state index is -1.89. The van der Waals surface area contributed by atoms with E-state index >= 15 is 0 Å². The topological polar surface area (TPSA) is 46.5 Å². The highest BCUT2D eigenvalue weighted by molar-refractivity contribution is 5.89. The molecule has 4 rings (SSSR count). The van der Waals surface area contributed by atoms with Crippen LogP contribution in [0.15, 0.2) is 103 Å². The minimum Gasteiger partial charge on any atom is -0.424 e. The smallest absolute Gasteiger partial charge is 0.353 e. The molecule has 0 aliphatic heterocycles. The molecular formula is C24H18O3. The summed E-state index contributed by atoms with van der Waals surface area (Å²) in [5.41, 5.74) is -0.974. The second-order valence-electron chi connectivity index (χ2n) is 6.34. The predicted molar refractivity (Wildman–Crippen MR) is 105 cm³/mol. The van der Waals surface area contributed by atoms with Crippen molar-refractivity contribution in [3.63, 3.8) is 0 Å². The monoisotopic (exact) mass is 354 g/mol. The molecule has 3 heteroatoms. The fourth-order valence-electron chi connectivity index (χ4n) is 3.17. The van der Waals surface area contributed by atoms with Crippen LogP contribution in [0.25, 0.3) is 10.8 Å². The van der Waals surface area contributed by atoms with Crippen LogP contribution in [0.1, 0.15) is 11.1 Å². The predicted octanol–water partition coefficient (Wildman–Crippen LogP) is 4.68. The van der Waals surface area contributed by atoms with E-state index in [1.54, 1.807) is 60.7 Å². The lowest BCUT2D eigenvalue weighted by Crippen LogP contribution is -2.40. The summed E-state index contributed by atoms with van der Waals surface area (Å²) in [6.45, 7) is 0. The van der Waals surface area contributed by atoms with E-state index in [1.807, 2.05) is 42.5 Å². The molecule has 3 nitrogen and oxygen atoms in total. The third-order valence-electron chi connectivity index (χ3n) is 4.61. The Balaban J connectivity index is 1.74. The normalized spacial score (nSPS) is 11.3. The first kappa shape index (κ1) is 17.0. The van der Waals surface area contributed by atoms with Crippen molar-refractivity contribution >= 4 is 16.7 Å². The molecule has 0 saturated carbocycles. The average Bonchev–Trinajstić information content (AvgIpc) is 2.74. The number of carbonyl (C=O) groups is 1. The van der Waals surface area contributed by atoms with E-state index in [1.165, 1.54) is 0 Å². The van der Waals surface area contributed by atoms with E-state index in [9.17, 15) is 9.90 Å². The Kier molecular flexibility index (Phi) is 4.45. The molecule has 0 saturated heterocycles. The van der Waals surface area contributed by atoms with Gasteiger partial charge in [0.05, 0.1) is 0 Å². The van der Waals surface area contributed by atoms with Crippen LogP contribution < -0.4 is 4.74 Å². The number of ether oxygens (including phenoxy) is 1. The Hall–Kier alpha value is -3.43. The molecule has 132 valence electrons. The van der Waals surface area contributed by atoms with Crippen molar-refractivity contribution in [1.82, 2.24) is 0 Å². The number of rotatable bonds is 4. The molecule has 1 N–H and O–H groups in total. The SMILES string of the molecule is O=C(Oc1ccc2ccccc2c1)C(O)(c1ccccc1)c1ccccc1. The van der Waals surface area contributed by atoms with Crippen molar-refractivity contribution in [2.24, 2.45) is 0 Å². The molecule has 0 atom stereocenters. The van der Waals surface area contributed by atoms with Gasteiger partial charge in [0.25, 0.3) is 0 Å². The Morgan fingerprint density at radius 1 is 0.667 bits per heavy atom. The summed E-state index contributed by atoms with van der Waals surface area (Å²) in [5.74, 6) is -0.348. The van der Waals surface area contributed by atoms with Gasteiger partial charge in [0, 0.05) is 0 Å². The van der Waals surface area contributed by atoms with Crippen LogP contribution in [0.4, 0.5) is 0 Å². The third kappa shape index (κ3) is 3.21. The van der Waals surface area contributed by atoms with E-state index in [2.05, 4.69) is 0 Å². The van der Waals surface area contributed by atoms with Crippen LogP contribution in [0.3, 0.4) is 0 Å². The molecule has 0 aliphatic rings. The summed E-state index contributed by atoms with van der Waals surface area (Å²) >= 11 is 0. The first-order chi connectivity index (χ1) is 13.2. The highest BCUT2D eigenvalue weighted by Crippen LogP contribution is 2.32. The molecule has 27 heavy (non-hydrogen) atoms. The van der Waals surface area contributed by atoms with Crippen LogP contribution in [0.2, 0.25) is 0 Å². The summed E-state index contributed by atoms with van der Waals surface area (Å²) < 4.78 is 5.61. The maximum atomic E-state index is 13.1. The molecule has 0 spiro atoms. The zero-order chi connectivity index (χ0) is 18.7. The van der Waals surface area contributed by atoms with Crippen molar-refractivity contribution in [2.45, 2.75) is 5.60 Å². The van der Waals surface area contributed by atoms with Gasteiger partial charge >= 0.3 is 5.97 Å². The standard InChI is InChI=1S/C24H18O3/c25-23(27-22-16-15-18-9-7-8-10-19(18)17-22)24(26,20-11-3-1-4-12-20)21-13-5-2-6-14-21/h1-17,26H. The number of esters is 1. The van der Waals surface area contributed by atoms with E-state index in [0.29, 0.717) is 16.9 Å². The van der Waals surface area contributed by atoms with Crippen molar-refractivity contribution in [3.8, 4) is 5.75 Å². The number of hydrogen-bond acceptors (Lipinski definition) is 3. The van der Waals surface area contributed by atoms with Crippen LogP contribution in [-0.2, 0) is 10.4 Å². The van der Waals surface area contributed by atoms with E-state index in [0.717, 1.165) is 10.8 Å². The Morgan fingerprint density at radius 2 is 1.19 bits per heavy atom. The Bertz CT molecular complexity index is 1030. The molecule has 0 radical (unpaired) electrons. The first-order valence-corrected chi connectivity index (χ1v) is 8.72. The van der Waals surface area contributed by atoms with Gasteiger partial charge in [0.15, 0.2) is 0 Å². The lowest BCUT2D eigenvalue weighted by molar-refractivity contribution is -0.152. The molecule has 0 aliphatic carbocycles. The summed E-state index contributed by atoms with van der Waals surface area (Å²) in [5, 5.41) is 13.4. The van der Waals surface area contributed by atoms with E-state index in [-0.39, 0.29) is 0 Å². The molecule has 4 aromatic carbocycles. The largest absolute Gasteiger partial charge is 0.424 e. The van der Waals surface area contributed by atoms with Crippen LogP contribution >= 0.6 is 0 Å². The van der Waals surface area contributed by atoms with Gasteiger partial charge in [-0.25, -0.2) is 4.79 Å². The summed E-state index contributed by atoms with van der Waals surface area (Å²) in [6.07, 6.45) is 0. The fraction of sp³-hybridized carbons (Fsp3) is 0.0417. The molecule has 0 heterocycles. The minimum absolute atomic E-state index is 0.393. The average molecular weight is 354 g/mol. The van der Waals surface area contributed by atoms with Crippen LogP contribution in [0.5, 0.6) is 5.75 Å². The lowest BCUT2D eigenvalue weighted by atomic mass is 9.86. The number of hydrogen-bond donors (Lipinski definition) is 1. The third-order valence-corrected chi connectivity index (χ3v) is 4.61. The van der Waals surface area contributed by atoms with Gasteiger partial charge in [0.2, 0.25) is 5.60 Å². The summed E-state index contributed by atoms with van der Waals surface area (Å²) in [7, 11) is 0. The van der Waals surface area contributed by atoms with Crippen LogP contribution in [0, 0.1) is 0 Å². The second-order valence-corrected chi connectivity index (χ2v) is 6.34. The second kappa shape index (κ2) is 7.06. The molecule has 0 aromatic heterocycles. The van der Waals surface area contributed by atoms with Crippen molar-refractivity contribution in [2.75, 3.05) is 0 Å². The number of fused-ring (bicyclic) bond motifs is 1. The fourth-order valence-corrected chi connectivity index (χ4v) is 3.17. The van der Waals surface area contributed by atoms with E-state index in [4.69, 9.17) is 4.74 Å². The zero-order valence-electron chi connectivity index (χ0n) is 14.6. The van der Waals surface area contributed by atoms with Gasteiger partial charge in [-0.1, -0.05) is 91.0 Å². The highest BCUT2D eigenvalue weighted by Gasteiger charge is 2.41. The van der Waals surface area contributed by atoms with Gasteiger partial charge in [-0.3, -0.25) is 0 Å². The van der Waals surface area contributed by atoms with Gasteiger partial charge in [-0.05, 0) is 34.0 Å². The Labute approximate surface area is 157 Å². The zero-order valence-corrected chi connectivity index (χ0v) is 14.6. The number of benzene rings is 4. The molecular weight excluding hydrogens is 336 g/mol. The van der Waals surface area contributed by atoms with Gasteiger partial charge < -0.3 is 9.84 Å². The summed E-state index contributed by atoms with van der Waals surface area (Å²) in [4.78, 5) is 13.1. The number of carbonyl (C=O) groups excluding carboxylic acids is 1. The molecule has 0 bridgehead atoms. The lowest BCUT2D eigenvalue weighted by Gasteiger charge is -2.27. The molecule has 0 unspecified atom stereocenters. The van der Waals surface area contributed by atoms with Gasteiger partial charge in [0.1, 0.15) is 5.75 Å². The molecule has 0 amide bonds. The first-order valence-electron chi connectivity index (χ1n) is 8.72. The number of aliphatic hydroxyl groups is 1. The van der Waals surface area contributed by atoms with Crippen molar-refractivity contribution in [1.29, 1.82) is 0 Å². The quantitative estimate of drug-likeness (QED) is 0.427. The van der Waals surface area contributed by atoms with E-state index < -0.39 is 11.6 Å². The van der Waals surface area contributed by atoms with Crippen molar-refractivity contribution in [3.05, 3.63) is 114 Å². The molecule has 0 fully saturated rings. The van der Waals surface area contributed by atoms with Gasteiger partial charge in [-0.2, -0.15) is 0 Å². The van der Waals surface area contributed by atoms with Crippen molar-refractivity contribution < 1.29 is 14.6 Å². The maximum Gasteiger partial charge on any atom is 0.353 e. The molecule has 4 aromatic rings. The maximum absolute atomic E-state index is 13.1. The van der Waals surface area contributed by atoms with Crippen LogP contribution in [-0.4, -0.2) is 11.1 Å². The highest BCUT2D eigenvalue weighted by atomic mass is 16.6. The van der Waals surface area contributed by atoms with Gasteiger partial charge in [-0.15, -0.1) is 0 Å². The summed E-state index contributed by atoms with van der Waals surface area (Å²) in [6, 6.07) is 30.9.